The lowest BCUT2D eigenvalue weighted by molar-refractivity contribution is -0.147. The van der Waals surface area contributed by atoms with Crippen molar-refractivity contribution in [3.8, 4) is 11.5 Å². The Balaban J connectivity index is 1.59. The molecule has 1 amide bonds. The van der Waals surface area contributed by atoms with Gasteiger partial charge in [-0.25, -0.2) is 0 Å². The molecule has 3 atom stereocenters. The fraction of sp³-hybridized carbons (Fsp3) is 0.286. The number of esters is 1. The number of amides is 1. The van der Waals surface area contributed by atoms with Crippen molar-refractivity contribution in [2.24, 2.45) is 5.92 Å². The maximum absolute atomic E-state index is 13.4. The molecule has 3 aromatic rings. The van der Waals surface area contributed by atoms with Crippen LogP contribution in [0.5, 0.6) is 11.5 Å². The summed E-state index contributed by atoms with van der Waals surface area (Å²) in [6, 6.07) is 24.9. The minimum absolute atomic E-state index is 0.0561. The van der Waals surface area contributed by atoms with Crippen LogP contribution in [-0.4, -0.2) is 26.1 Å². The molecule has 0 unspecified atom stereocenters. The Labute approximate surface area is 200 Å². The average molecular weight is 460 g/mol. The van der Waals surface area contributed by atoms with E-state index in [4.69, 9.17) is 14.2 Å². The van der Waals surface area contributed by atoms with E-state index in [0.29, 0.717) is 12.8 Å². The summed E-state index contributed by atoms with van der Waals surface area (Å²) in [7, 11) is 3.25. The molecule has 1 fully saturated rings. The predicted molar refractivity (Wildman–Crippen MR) is 130 cm³/mol. The fourth-order valence-electron chi connectivity index (χ4n) is 4.54. The summed E-state index contributed by atoms with van der Waals surface area (Å²) in [4.78, 5) is 26.9. The number of nitrogens with zero attached hydrogens (tertiary/aromatic N) is 1. The molecule has 6 heteroatoms. The molecule has 34 heavy (non-hydrogen) atoms. The second-order valence-corrected chi connectivity index (χ2v) is 8.32. The van der Waals surface area contributed by atoms with E-state index in [1.165, 1.54) is 6.92 Å². The van der Waals surface area contributed by atoms with Gasteiger partial charge in [-0.3, -0.25) is 9.59 Å². The number of anilines is 1. The van der Waals surface area contributed by atoms with Gasteiger partial charge in [-0.05, 0) is 60.4 Å². The highest BCUT2D eigenvalue weighted by Crippen LogP contribution is 2.47. The highest BCUT2D eigenvalue weighted by atomic mass is 16.5. The van der Waals surface area contributed by atoms with E-state index in [9.17, 15) is 9.59 Å². The summed E-state index contributed by atoms with van der Waals surface area (Å²) in [5.74, 6) is 1.00. The predicted octanol–water partition coefficient (Wildman–Crippen LogP) is 5.49. The molecule has 0 spiro atoms. The van der Waals surface area contributed by atoms with Gasteiger partial charge in [0.15, 0.2) is 0 Å². The summed E-state index contributed by atoms with van der Waals surface area (Å²) < 4.78 is 16.2. The Morgan fingerprint density at radius 1 is 0.882 bits per heavy atom. The van der Waals surface area contributed by atoms with Crippen molar-refractivity contribution in [1.29, 1.82) is 0 Å². The van der Waals surface area contributed by atoms with Crippen molar-refractivity contribution in [2.45, 2.75) is 31.9 Å². The maximum atomic E-state index is 13.4. The van der Waals surface area contributed by atoms with E-state index in [-0.39, 0.29) is 23.8 Å². The molecular weight excluding hydrogens is 430 g/mol. The number of β-lactam (4-membered cyclic amide) rings is 1. The van der Waals surface area contributed by atoms with Crippen LogP contribution < -0.4 is 14.4 Å². The number of rotatable bonds is 9. The molecule has 0 saturated carbocycles. The summed E-state index contributed by atoms with van der Waals surface area (Å²) in [5.41, 5.74) is 2.78. The second kappa shape index (κ2) is 10.4. The lowest BCUT2D eigenvalue weighted by atomic mass is 9.78. The number of benzene rings is 3. The van der Waals surface area contributed by atoms with Crippen LogP contribution in [-0.2, 0) is 14.3 Å². The van der Waals surface area contributed by atoms with E-state index < -0.39 is 6.10 Å². The molecule has 4 rings (SSSR count). The first-order chi connectivity index (χ1) is 16.5. The van der Waals surface area contributed by atoms with Crippen LogP contribution in [0.25, 0.3) is 0 Å². The van der Waals surface area contributed by atoms with Gasteiger partial charge in [-0.1, -0.05) is 42.5 Å². The molecule has 1 saturated heterocycles. The van der Waals surface area contributed by atoms with Crippen molar-refractivity contribution in [2.75, 3.05) is 19.1 Å². The molecule has 6 nitrogen and oxygen atoms in total. The van der Waals surface area contributed by atoms with E-state index >= 15 is 0 Å². The number of carbonyl (C=O) groups is 2. The standard InChI is InChI=1S/C28H29NO5/c1-19(30)34-26(20-7-5-4-6-8-20)18-17-25-27(21-9-13-23(32-2)14-10-21)29(28(25)31)22-11-15-24(33-3)16-12-22/h4-16,25-27H,17-18H2,1-3H3/t25-,26+,27-/m1/s1. The summed E-state index contributed by atoms with van der Waals surface area (Å²) >= 11 is 0. The SMILES string of the molecule is COc1ccc([C@@H]2[C@@H](CC[C@H](OC(C)=O)c3ccccc3)C(=O)N2c2ccc(OC)cc2)cc1. The Bertz CT molecular complexity index is 1110. The molecule has 176 valence electrons. The molecule has 1 heterocycles. The third kappa shape index (κ3) is 4.91. The van der Waals surface area contributed by atoms with Crippen molar-refractivity contribution in [1.82, 2.24) is 0 Å². The normalized spacial score (nSPS) is 18.1. The third-order valence-corrected chi connectivity index (χ3v) is 6.24. The lowest BCUT2D eigenvalue weighted by Gasteiger charge is -2.48. The van der Waals surface area contributed by atoms with E-state index in [2.05, 4.69) is 0 Å². The molecular formula is C28H29NO5. The van der Waals surface area contributed by atoms with Crippen LogP contribution in [0, 0.1) is 5.92 Å². The zero-order valence-electron chi connectivity index (χ0n) is 19.6. The highest BCUT2D eigenvalue weighted by molar-refractivity contribution is 6.03. The molecule has 0 bridgehead atoms. The highest BCUT2D eigenvalue weighted by Gasteiger charge is 2.48. The number of carbonyl (C=O) groups excluding carboxylic acids is 2. The molecule has 1 aliphatic heterocycles. The van der Waals surface area contributed by atoms with Crippen molar-refractivity contribution in [3.63, 3.8) is 0 Å². The van der Waals surface area contributed by atoms with Gasteiger partial charge >= 0.3 is 5.97 Å². The van der Waals surface area contributed by atoms with E-state index in [0.717, 1.165) is 28.3 Å². The van der Waals surface area contributed by atoms with Gasteiger partial charge in [-0.2, -0.15) is 0 Å². The first kappa shape index (κ1) is 23.4. The molecule has 3 aromatic carbocycles. The zero-order chi connectivity index (χ0) is 24.1. The molecule has 0 radical (unpaired) electrons. The Morgan fingerprint density at radius 2 is 1.47 bits per heavy atom. The first-order valence-electron chi connectivity index (χ1n) is 11.3. The van der Waals surface area contributed by atoms with Crippen LogP contribution in [0.4, 0.5) is 5.69 Å². The average Bonchev–Trinajstić information content (AvgIpc) is 2.87. The quantitative estimate of drug-likeness (QED) is 0.313. The van der Waals surface area contributed by atoms with Gasteiger partial charge in [0.2, 0.25) is 5.91 Å². The van der Waals surface area contributed by atoms with Crippen molar-refractivity contribution in [3.05, 3.63) is 90.0 Å². The Kier molecular flexibility index (Phi) is 7.16. The smallest absolute Gasteiger partial charge is 0.303 e. The number of hydrogen-bond acceptors (Lipinski definition) is 5. The topological polar surface area (TPSA) is 65.1 Å². The van der Waals surface area contributed by atoms with Crippen LogP contribution in [0.1, 0.15) is 43.0 Å². The van der Waals surface area contributed by atoms with E-state index in [1.54, 1.807) is 14.2 Å². The Morgan fingerprint density at radius 3 is 2.03 bits per heavy atom. The van der Waals surface area contributed by atoms with Gasteiger partial charge in [0.1, 0.15) is 17.6 Å². The van der Waals surface area contributed by atoms with Gasteiger partial charge in [0.05, 0.1) is 26.2 Å². The lowest BCUT2D eigenvalue weighted by Crippen LogP contribution is -2.55. The second-order valence-electron chi connectivity index (χ2n) is 8.32. The zero-order valence-corrected chi connectivity index (χ0v) is 19.6. The van der Waals surface area contributed by atoms with Crippen molar-refractivity contribution < 1.29 is 23.8 Å². The molecule has 0 aliphatic carbocycles. The van der Waals surface area contributed by atoms with Gasteiger partial charge in [0.25, 0.3) is 0 Å². The number of ether oxygens (including phenoxy) is 3. The monoisotopic (exact) mass is 459 g/mol. The molecule has 0 aromatic heterocycles. The van der Waals surface area contributed by atoms with Gasteiger partial charge in [-0.15, -0.1) is 0 Å². The molecule has 0 N–H and O–H groups in total. The maximum Gasteiger partial charge on any atom is 0.303 e. The van der Waals surface area contributed by atoms with E-state index in [1.807, 2.05) is 83.8 Å². The van der Waals surface area contributed by atoms with Crippen LogP contribution in [0.3, 0.4) is 0 Å². The third-order valence-electron chi connectivity index (χ3n) is 6.24. The van der Waals surface area contributed by atoms with Crippen LogP contribution in [0.2, 0.25) is 0 Å². The molecule has 1 aliphatic rings. The van der Waals surface area contributed by atoms with Gasteiger partial charge < -0.3 is 19.1 Å². The van der Waals surface area contributed by atoms with Crippen molar-refractivity contribution >= 4 is 17.6 Å². The largest absolute Gasteiger partial charge is 0.497 e. The minimum atomic E-state index is -0.391. The Hall–Kier alpha value is -3.80. The van der Waals surface area contributed by atoms with Gasteiger partial charge in [0, 0.05) is 12.6 Å². The minimum Gasteiger partial charge on any atom is -0.497 e. The summed E-state index contributed by atoms with van der Waals surface area (Å²) in [6.07, 6.45) is 0.760. The van der Waals surface area contributed by atoms with Crippen LogP contribution in [0.15, 0.2) is 78.9 Å². The summed E-state index contributed by atoms with van der Waals surface area (Å²) in [5, 5.41) is 0. The number of methoxy groups -OCH3 is 2. The number of hydrogen-bond donors (Lipinski definition) is 0. The fourth-order valence-corrected chi connectivity index (χ4v) is 4.54. The summed E-state index contributed by atoms with van der Waals surface area (Å²) in [6.45, 7) is 1.41. The first-order valence-corrected chi connectivity index (χ1v) is 11.3. The van der Waals surface area contributed by atoms with Crippen LogP contribution >= 0.6 is 0 Å².